The van der Waals surface area contributed by atoms with E-state index in [9.17, 15) is 14.4 Å². The number of imide groups is 1. The van der Waals surface area contributed by atoms with Crippen LogP contribution in [-0.4, -0.2) is 52.4 Å². The number of likely N-dealkylation sites (N-methyl/N-ethyl adjacent to an activating group) is 1. The topological polar surface area (TPSA) is 106 Å². The number of nitrogens with two attached hydrogens (primary N) is 1. The Morgan fingerprint density at radius 2 is 2.04 bits per heavy atom. The Balaban J connectivity index is 1.72. The van der Waals surface area contributed by atoms with Crippen LogP contribution in [0.2, 0.25) is 0 Å². The van der Waals surface area contributed by atoms with E-state index in [0.717, 1.165) is 17.7 Å². The fourth-order valence-electron chi connectivity index (χ4n) is 3.43. The van der Waals surface area contributed by atoms with E-state index in [0.29, 0.717) is 25.1 Å². The molecule has 0 aromatic carbocycles. The Hall–Kier alpha value is -2.32. The molecule has 3 rings (SSSR count). The van der Waals surface area contributed by atoms with Gasteiger partial charge in [-0.3, -0.25) is 29.1 Å². The summed E-state index contributed by atoms with van der Waals surface area (Å²) in [6.45, 7) is 0.553. The van der Waals surface area contributed by atoms with Crippen LogP contribution < -0.4 is 5.73 Å². The molecule has 3 heterocycles. The predicted molar refractivity (Wildman–Crippen MR) is 87.5 cm³/mol. The SMILES string of the molecule is CN1C(=O)C2ON(CCCCCC(N)=O)C(c3ccccn3)C2C1=O. The molecule has 1 aromatic heterocycles. The van der Waals surface area contributed by atoms with E-state index < -0.39 is 12.0 Å². The van der Waals surface area contributed by atoms with Gasteiger partial charge in [0.05, 0.1) is 17.7 Å². The first-order valence-electron chi connectivity index (χ1n) is 8.44. The number of hydroxylamine groups is 2. The van der Waals surface area contributed by atoms with Crippen LogP contribution in [0.25, 0.3) is 0 Å². The molecule has 2 saturated heterocycles. The maximum absolute atomic E-state index is 12.5. The summed E-state index contributed by atoms with van der Waals surface area (Å²) >= 11 is 0. The summed E-state index contributed by atoms with van der Waals surface area (Å²) in [6.07, 6.45) is 3.54. The molecule has 2 aliphatic heterocycles. The van der Waals surface area contributed by atoms with E-state index in [4.69, 9.17) is 10.6 Å². The quantitative estimate of drug-likeness (QED) is 0.566. The first-order valence-corrected chi connectivity index (χ1v) is 8.44. The number of primary amides is 1. The third kappa shape index (κ3) is 3.40. The number of pyridine rings is 1. The molecule has 3 amide bonds. The lowest BCUT2D eigenvalue weighted by atomic mass is 9.93. The van der Waals surface area contributed by atoms with Crippen LogP contribution in [0.5, 0.6) is 0 Å². The van der Waals surface area contributed by atoms with Gasteiger partial charge < -0.3 is 5.73 Å². The van der Waals surface area contributed by atoms with E-state index >= 15 is 0 Å². The van der Waals surface area contributed by atoms with Crippen molar-refractivity contribution in [3.63, 3.8) is 0 Å². The number of carbonyl (C=O) groups is 3. The zero-order valence-electron chi connectivity index (χ0n) is 14.1. The molecule has 2 N–H and O–H groups in total. The molecule has 8 heteroatoms. The lowest BCUT2D eigenvalue weighted by molar-refractivity contribution is -0.179. The molecular formula is C17H22N4O4. The van der Waals surface area contributed by atoms with Gasteiger partial charge in [-0.2, -0.15) is 5.06 Å². The highest BCUT2D eigenvalue weighted by Crippen LogP contribution is 2.43. The van der Waals surface area contributed by atoms with Crippen LogP contribution in [0, 0.1) is 5.92 Å². The summed E-state index contributed by atoms with van der Waals surface area (Å²) < 4.78 is 0. The Bertz CT molecular complexity index is 666. The van der Waals surface area contributed by atoms with Crippen molar-refractivity contribution >= 4 is 17.7 Å². The molecule has 0 saturated carbocycles. The van der Waals surface area contributed by atoms with Crippen LogP contribution in [0.15, 0.2) is 24.4 Å². The van der Waals surface area contributed by atoms with Gasteiger partial charge in [0, 0.05) is 26.2 Å². The van der Waals surface area contributed by atoms with Gasteiger partial charge >= 0.3 is 0 Å². The van der Waals surface area contributed by atoms with Crippen LogP contribution in [0.4, 0.5) is 0 Å². The first-order chi connectivity index (χ1) is 12.0. The van der Waals surface area contributed by atoms with E-state index in [1.54, 1.807) is 17.3 Å². The highest BCUT2D eigenvalue weighted by atomic mass is 16.7. The Kier molecular flexibility index (Phi) is 5.10. The third-order valence-corrected chi connectivity index (χ3v) is 4.71. The first kappa shape index (κ1) is 17.5. The van der Waals surface area contributed by atoms with Crippen LogP contribution in [0.1, 0.15) is 37.4 Å². The second kappa shape index (κ2) is 7.28. The van der Waals surface area contributed by atoms with Gasteiger partial charge in [0.25, 0.3) is 5.91 Å². The summed E-state index contributed by atoms with van der Waals surface area (Å²) in [7, 11) is 1.48. The largest absolute Gasteiger partial charge is 0.370 e. The molecule has 3 unspecified atom stereocenters. The monoisotopic (exact) mass is 346 g/mol. The molecule has 1 aromatic rings. The summed E-state index contributed by atoms with van der Waals surface area (Å²) in [5, 5.41) is 1.70. The van der Waals surface area contributed by atoms with Gasteiger partial charge in [0.1, 0.15) is 0 Å². The summed E-state index contributed by atoms with van der Waals surface area (Å²) in [6, 6.07) is 5.11. The maximum atomic E-state index is 12.5. The molecule has 0 spiro atoms. The fraction of sp³-hybridized carbons (Fsp3) is 0.529. The second-order valence-electron chi connectivity index (χ2n) is 6.40. The number of amides is 3. The van der Waals surface area contributed by atoms with Gasteiger partial charge in [0.15, 0.2) is 6.10 Å². The normalized spacial score (nSPS) is 26.3. The number of rotatable bonds is 7. The van der Waals surface area contributed by atoms with Gasteiger partial charge in [0.2, 0.25) is 11.8 Å². The minimum Gasteiger partial charge on any atom is -0.370 e. The zero-order valence-corrected chi connectivity index (χ0v) is 14.1. The van der Waals surface area contributed by atoms with E-state index in [1.165, 1.54) is 7.05 Å². The smallest absolute Gasteiger partial charge is 0.261 e. The standard InChI is InChI=1S/C17H22N4O4/c1-20-16(23)13-14(11-7-4-5-9-19-11)21(25-15(13)17(20)24)10-6-2-3-8-12(18)22/h4-5,7,9,13-15H,2-3,6,8,10H2,1H3,(H2,18,22). The molecule has 134 valence electrons. The minimum atomic E-state index is -0.782. The van der Waals surface area contributed by atoms with E-state index in [1.807, 2.05) is 12.1 Å². The third-order valence-electron chi connectivity index (χ3n) is 4.71. The van der Waals surface area contributed by atoms with Crippen molar-refractivity contribution in [2.24, 2.45) is 11.7 Å². The molecule has 2 fully saturated rings. The lowest BCUT2D eigenvalue weighted by Crippen LogP contribution is -2.35. The van der Waals surface area contributed by atoms with Crippen molar-refractivity contribution < 1.29 is 19.2 Å². The van der Waals surface area contributed by atoms with E-state index in [-0.39, 0.29) is 23.8 Å². The molecule has 3 atom stereocenters. The number of aromatic nitrogens is 1. The van der Waals surface area contributed by atoms with Gasteiger partial charge in [-0.25, -0.2) is 0 Å². The fourth-order valence-corrected chi connectivity index (χ4v) is 3.43. The van der Waals surface area contributed by atoms with Crippen molar-refractivity contribution in [2.75, 3.05) is 13.6 Å². The number of unbranched alkanes of at least 4 members (excludes halogenated alkanes) is 2. The molecule has 0 radical (unpaired) electrons. The highest BCUT2D eigenvalue weighted by Gasteiger charge is 2.58. The summed E-state index contributed by atoms with van der Waals surface area (Å²) in [5.41, 5.74) is 5.85. The Morgan fingerprint density at radius 3 is 2.72 bits per heavy atom. The highest BCUT2D eigenvalue weighted by molar-refractivity contribution is 6.07. The van der Waals surface area contributed by atoms with Crippen molar-refractivity contribution in [1.82, 2.24) is 14.9 Å². The zero-order chi connectivity index (χ0) is 18.0. The second-order valence-corrected chi connectivity index (χ2v) is 6.40. The van der Waals surface area contributed by atoms with Crippen LogP contribution >= 0.6 is 0 Å². The van der Waals surface area contributed by atoms with Crippen molar-refractivity contribution in [3.8, 4) is 0 Å². The van der Waals surface area contributed by atoms with Crippen molar-refractivity contribution in [3.05, 3.63) is 30.1 Å². The van der Waals surface area contributed by atoms with Gasteiger partial charge in [-0.15, -0.1) is 0 Å². The Labute approximate surface area is 145 Å². The maximum Gasteiger partial charge on any atom is 0.261 e. The van der Waals surface area contributed by atoms with Crippen molar-refractivity contribution in [1.29, 1.82) is 0 Å². The number of nitrogens with zero attached hydrogens (tertiary/aromatic N) is 3. The molecule has 0 aliphatic carbocycles. The predicted octanol–water partition coefficient (Wildman–Crippen LogP) is 0.399. The van der Waals surface area contributed by atoms with Gasteiger partial charge in [-0.05, 0) is 25.0 Å². The van der Waals surface area contributed by atoms with E-state index in [2.05, 4.69) is 4.98 Å². The molecule has 25 heavy (non-hydrogen) atoms. The van der Waals surface area contributed by atoms with Crippen LogP contribution in [-0.2, 0) is 19.2 Å². The summed E-state index contributed by atoms with van der Waals surface area (Å²) in [5.74, 6) is -1.43. The lowest BCUT2D eigenvalue weighted by Gasteiger charge is -2.25. The summed E-state index contributed by atoms with van der Waals surface area (Å²) in [4.78, 5) is 46.9. The number of hydrogen-bond acceptors (Lipinski definition) is 6. The van der Waals surface area contributed by atoms with Gasteiger partial charge in [-0.1, -0.05) is 12.5 Å². The number of hydrogen-bond donors (Lipinski definition) is 1. The average Bonchev–Trinajstić information content (AvgIpc) is 3.07. The molecular weight excluding hydrogens is 324 g/mol. The minimum absolute atomic E-state index is 0.234. The molecule has 8 nitrogen and oxygen atoms in total. The Morgan fingerprint density at radius 1 is 1.24 bits per heavy atom. The molecule has 0 bridgehead atoms. The number of fused-ring (bicyclic) bond motifs is 1. The average molecular weight is 346 g/mol. The van der Waals surface area contributed by atoms with Crippen LogP contribution in [0.3, 0.4) is 0 Å². The number of likely N-dealkylation sites (tertiary alicyclic amines) is 1. The number of carbonyl (C=O) groups excluding carboxylic acids is 3. The molecule has 2 aliphatic rings. The van der Waals surface area contributed by atoms with Crippen molar-refractivity contribution in [2.45, 2.75) is 37.8 Å².